The summed E-state index contributed by atoms with van der Waals surface area (Å²) in [6.45, 7) is 3.51. The number of nitrogens with one attached hydrogen (secondary N) is 1. The second kappa shape index (κ2) is 9.53. The molecule has 1 aliphatic carbocycles. The summed E-state index contributed by atoms with van der Waals surface area (Å²) in [5.41, 5.74) is 10.4. The number of aliphatic hydroxyl groups is 2. The second-order valence-corrected chi connectivity index (χ2v) is 8.44. The minimum absolute atomic E-state index is 0.102. The highest BCUT2D eigenvalue weighted by atomic mass is 19.1. The number of benzene rings is 1. The number of aliphatic imine (C=N–C) groups is 1. The van der Waals surface area contributed by atoms with Crippen LogP contribution in [0.25, 0.3) is 0 Å². The molecule has 0 radical (unpaired) electrons. The molecule has 1 aromatic heterocycles. The number of ether oxygens (including phenoxy) is 1. The number of hydrogen-bond acceptors (Lipinski definition) is 7. The van der Waals surface area contributed by atoms with Crippen LogP contribution < -0.4 is 16.8 Å². The molecule has 4 rings (SSSR count). The van der Waals surface area contributed by atoms with Gasteiger partial charge in [-0.05, 0) is 37.1 Å². The molecule has 2 fully saturated rings. The van der Waals surface area contributed by atoms with Gasteiger partial charge in [0.15, 0.2) is 5.70 Å². The zero-order chi connectivity index (χ0) is 25.3. The highest BCUT2D eigenvalue weighted by molar-refractivity contribution is 6.08. The summed E-state index contributed by atoms with van der Waals surface area (Å²) in [6.07, 6.45) is 2.72. The Kier molecular flexibility index (Phi) is 6.66. The molecule has 2 heterocycles. The van der Waals surface area contributed by atoms with Gasteiger partial charge in [0.05, 0.1) is 41.0 Å². The molecule has 1 amide bonds. The van der Waals surface area contributed by atoms with Crippen molar-refractivity contribution < 1.29 is 28.5 Å². The van der Waals surface area contributed by atoms with Crippen molar-refractivity contribution in [1.29, 1.82) is 0 Å². The summed E-state index contributed by atoms with van der Waals surface area (Å²) in [4.78, 5) is 21.1. The first-order valence-corrected chi connectivity index (χ1v) is 10.9. The lowest BCUT2D eigenvalue weighted by atomic mass is 9.92. The van der Waals surface area contributed by atoms with Gasteiger partial charge < -0.3 is 31.7 Å². The number of amides is 1. The Morgan fingerprint density at radius 3 is 2.57 bits per heavy atom. The van der Waals surface area contributed by atoms with Gasteiger partial charge in [-0.3, -0.25) is 9.78 Å². The predicted molar refractivity (Wildman–Crippen MR) is 124 cm³/mol. The summed E-state index contributed by atoms with van der Waals surface area (Å²) < 4.78 is 34.4. The predicted octanol–water partition coefficient (Wildman–Crippen LogP) is 1.78. The van der Waals surface area contributed by atoms with E-state index in [0.717, 1.165) is 18.2 Å². The van der Waals surface area contributed by atoms with Crippen LogP contribution in [-0.4, -0.2) is 44.7 Å². The molecule has 2 aromatic rings. The number of pyridine rings is 1. The molecule has 0 unspecified atom stereocenters. The third-order valence-corrected chi connectivity index (χ3v) is 6.09. The fraction of sp³-hybridized carbons (Fsp3) is 0.292. The molecule has 184 valence electrons. The summed E-state index contributed by atoms with van der Waals surface area (Å²) in [6, 6.07) is 4.80. The van der Waals surface area contributed by atoms with E-state index >= 15 is 0 Å². The molecule has 1 aliphatic heterocycles. The number of aliphatic hydroxyl groups excluding tert-OH is 2. The first-order valence-electron chi connectivity index (χ1n) is 10.9. The molecule has 2 aliphatic rings. The van der Waals surface area contributed by atoms with E-state index in [9.17, 15) is 23.8 Å². The Bertz CT molecular complexity index is 1210. The van der Waals surface area contributed by atoms with Crippen molar-refractivity contribution in [3.63, 3.8) is 0 Å². The van der Waals surface area contributed by atoms with Gasteiger partial charge >= 0.3 is 0 Å². The standard InChI is InChI=1S/C24H25F2N5O4/c1-2-15(27)20(31-22(28)19-13(25)4-3-5-14(19)26)23(34)30-16-11-29-9-6-12(16)18-10-17(32)21(33)24(35-18)7-8-24/h2-6,9,11,17-18,21,32-33H,1,7-8,10,27H2,(H2,28,31)(H,30,34)/b20-15+/t17-,18-,21+/m0/s1. The third-order valence-electron chi connectivity index (χ3n) is 6.09. The maximum absolute atomic E-state index is 14.1. The van der Waals surface area contributed by atoms with Crippen molar-refractivity contribution in [1.82, 2.24) is 4.98 Å². The van der Waals surface area contributed by atoms with Gasteiger partial charge in [0.25, 0.3) is 5.91 Å². The number of aromatic nitrogens is 1. The van der Waals surface area contributed by atoms with Crippen LogP contribution in [0.4, 0.5) is 14.5 Å². The van der Waals surface area contributed by atoms with E-state index in [1.165, 1.54) is 18.5 Å². The van der Waals surface area contributed by atoms with Crippen LogP contribution in [0.5, 0.6) is 0 Å². The lowest BCUT2D eigenvalue weighted by molar-refractivity contribution is -0.185. The summed E-state index contributed by atoms with van der Waals surface area (Å²) in [5, 5.41) is 23.2. The number of nitrogens with two attached hydrogens (primary N) is 2. The van der Waals surface area contributed by atoms with Crippen LogP contribution in [0, 0.1) is 11.6 Å². The van der Waals surface area contributed by atoms with Gasteiger partial charge in [-0.2, -0.15) is 0 Å². The van der Waals surface area contributed by atoms with E-state index in [1.54, 1.807) is 6.07 Å². The molecular formula is C24H25F2N5O4. The van der Waals surface area contributed by atoms with E-state index in [2.05, 4.69) is 21.9 Å². The third kappa shape index (κ3) is 4.78. The minimum atomic E-state index is -1.00. The topological polar surface area (TPSA) is 156 Å². The van der Waals surface area contributed by atoms with Crippen molar-refractivity contribution in [2.75, 3.05) is 5.32 Å². The van der Waals surface area contributed by atoms with Gasteiger partial charge in [-0.1, -0.05) is 12.6 Å². The zero-order valence-electron chi connectivity index (χ0n) is 18.6. The normalized spacial score (nSPS) is 24.0. The van der Waals surface area contributed by atoms with Gasteiger partial charge in [0, 0.05) is 18.2 Å². The first kappa shape index (κ1) is 24.5. The Morgan fingerprint density at radius 1 is 1.26 bits per heavy atom. The lowest BCUT2D eigenvalue weighted by Crippen LogP contribution is -2.47. The maximum Gasteiger partial charge on any atom is 0.276 e. The van der Waals surface area contributed by atoms with Crippen LogP contribution in [0.1, 0.15) is 36.5 Å². The Morgan fingerprint density at radius 2 is 1.94 bits per heavy atom. The molecule has 7 N–H and O–H groups in total. The van der Waals surface area contributed by atoms with Crippen LogP contribution in [0.3, 0.4) is 0 Å². The van der Waals surface area contributed by atoms with Gasteiger partial charge in [0.1, 0.15) is 23.6 Å². The van der Waals surface area contributed by atoms with Crippen molar-refractivity contribution >= 4 is 17.4 Å². The Hall–Kier alpha value is -3.67. The Labute approximate surface area is 199 Å². The van der Waals surface area contributed by atoms with Crippen molar-refractivity contribution in [3.05, 3.63) is 83.5 Å². The largest absolute Gasteiger partial charge is 0.397 e. The van der Waals surface area contributed by atoms with Crippen molar-refractivity contribution in [3.8, 4) is 0 Å². The van der Waals surface area contributed by atoms with Crippen LogP contribution in [-0.2, 0) is 9.53 Å². The first-order chi connectivity index (χ1) is 16.7. The fourth-order valence-corrected chi connectivity index (χ4v) is 4.06. The molecule has 1 saturated heterocycles. The van der Waals surface area contributed by atoms with Crippen molar-refractivity contribution in [2.24, 2.45) is 16.5 Å². The average molecular weight is 485 g/mol. The smallest absolute Gasteiger partial charge is 0.276 e. The van der Waals surface area contributed by atoms with Crippen LogP contribution >= 0.6 is 0 Å². The minimum Gasteiger partial charge on any atom is -0.397 e. The SMILES string of the molecule is C=C/C(N)=C(\N=C(/N)c1c(F)cccc1F)C(=O)Nc1cnccc1[C@@H]1C[C@H](O)[C@@H](O)C2(CC2)O1. The molecule has 11 heteroatoms. The summed E-state index contributed by atoms with van der Waals surface area (Å²) >= 11 is 0. The lowest BCUT2D eigenvalue weighted by Gasteiger charge is -2.38. The quantitative estimate of drug-likeness (QED) is 0.181. The molecule has 9 nitrogen and oxygen atoms in total. The van der Waals surface area contributed by atoms with Gasteiger partial charge in [0.2, 0.25) is 0 Å². The number of rotatable bonds is 6. The summed E-state index contributed by atoms with van der Waals surface area (Å²) in [5.74, 6) is -3.34. The maximum atomic E-state index is 14.1. The number of carbonyl (C=O) groups is 1. The van der Waals surface area contributed by atoms with Crippen LogP contribution in [0.2, 0.25) is 0 Å². The number of carbonyl (C=O) groups excluding carboxylic acids is 1. The van der Waals surface area contributed by atoms with E-state index in [4.69, 9.17) is 16.2 Å². The highest BCUT2D eigenvalue weighted by Crippen LogP contribution is 2.52. The van der Waals surface area contributed by atoms with Crippen molar-refractivity contribution in [2.45, 2.75) is 43.2 Å². The van der Waals surface area contributed by atoms with E-state index in [-0.39, 0.29) is 17.8 Å². The van der Waals surface area contributed by atoms with E-state index in [0.29, 0.717) is 18.4 Å². The molecule has 1 spiro atoms. The Balaban J connectivity index is 1.64. The van der Waals surface area contributed by atoms with E-state index < -0.39 is 58.6 Å². The van der Waals surface area contributed by atoms with E-state index in [1.807, 2.05) is 0 Å². The molecule has 0 bridgehead atoms. The fourth-order valence-electron chi connectivity index (χ4n) is 4.06. The molecule has 1 aromatic carbocycles. The molecular weight excluding hydrogens is 460 g/mol. The molecule has 3 atom stereocenters. The number of hydrogen-bond donors (Lipinski definition) is 5. The second-order valence-electron chi connectivity index (χ2n) is 8.44. The summed E-state index contributed by atoms with van der Waals surface area (Å²) in [7, 11) is 0. The molecule has 35 heavy (non-hydrogen) atoms. The number of allylic oxidation sites excluding steroid dienone is 1. The number of nitrogens with zero attached hydrogens (tertiary/aromatic N) is 2. The number of amidine groups is 1. The van der Waals surface area contributed by atoms with Gasteiger partial charge in [-0.15, -0.1) is 0 Å². The van der Waals surface area contributed by atoms with Gasteiger partial charge in [-0.25, -0.2) is 13.8 Å². The average Bonchev–Trinajstić information content (AvgIpc) is 3.60. The highest BCUT2D eigenvalue weighted by Gasteiger charge is 2.57. The molecule has 1 saturated carbocycles. The zero-order valence-corrected chi connectivity index (χ0v) is 18.6. The number of anilines is 1. The monoisotopic (exact) mass is 485 g/mol. The number of halogens is 2. The van der Waals surface area contributed by atoms with Crippen LogP contribution in [0.15, 0.2) is 65.7 Å².